The molecule has 0 bridgehead atoms. The maximum atomic E-state index is 11.2. The molecule has 0 aliphatic heterocycles. The Morgan fingerprint density at radius 1 is 1.54 bits per heavy atom. The molecule has 0 aromatic heterocycles. The average Bonchev–Trinajstić information content (AvgIpc) is 2.07. The summed E-state index contributed by atoms with van der Waals surface area (Å²) in [4.78, 5) is 11.2. The fraction of sp³-hybridized carbons (Fsp3) is 0.222. The predicted molar refractivity (Wildman–Crippen MR) is 60.1 cm³/mol. The molecule has 0 radical (unpaired) electrons. The van der Waals surface area contributed by atoms with E-state index in [1.165, 1.54) is 14.0 Å². The Labute approximate surface area is 90.4 Å². The number of carbonyl (C=O) groups excluding carboxylic acids is 1. The van der Waals surface area contributed by atoms with Gasteiger partial charge in [0.1, 0.15) is 5.75 Å². The molecule has 0 atom stereocenters. The lowest BCUT2D eigenvalue weighted by atomic mass is 10.1. The van der Waals surface area contributed by atoms with Gasteiger partial charge in [-0.15, -0.1) is 0 Å². The first-order valence-electron chi connectivity index (χ1n) is 3.70. The zero-order chi connectivity index (χ0) is 10.0. The van der Waals surface area contributed by atoms with Gasteiger partial charge in [0.05, 0.1) is 16.2 Å². The molecule has 0 unspecified atom stereocenters. The van der Waals surface area contributed by atoms with Gasteiger partial charge in [0.15, 0.2) is 5.78 Å². The van der Waals surface area contributed by atoms with Crippen LogP contribution in [0.3, 0.4) is 0 Å². The third-order valence-electron chi connectivity index (χ3n) is 1.70. The van der Waals surface area contributed by atoms with Crippen molar-refractivity contribution in [3.05, 3.63) is 21.3 Å². The SMILES string of the molecule is COc1c(I)ccc(N)c1C(C)=O. The Morgan fingerprint density at radius 2 is 2.15 bits per heavy atom. The Morgan fingerprint density at radius 3 is 2.54 bits per heavy atom. The molecule has 0 heterocycles. The van der Waals surface area contributed by atoms with E-state index in [2.05, 4.69) is 22.6 Å². The first-order valence-corrected chi connectivity index (χ1v) is 4.78. The number of ether oxygens (including phenoxy) is 1. The second-order valence-corrected chi connectivity index (χ2v) is 3.76. The van der Waals surface area contributed by atoms with Crippen molar-refractivity contribution in [3.63, 3.8) is 0 Å². The number of ketones is 1. The third-order valence-corrected chi connectivity index (χ3v) is 2.55. The number of nitrogens with two attached hydrogens (primary N) is 1. The maximum Gasteiger partial charge on any atom is 0.165 e. The third kappa shape index (κ3) is 1.93. The first-order chi connectivity index (χ1) is 6.07. The van der Waals surface area contributed by atoms with Crippen molar-refractivity contribution in [1.82, 2.24) is 0 Å². The van der Waals surface area contributed by atoms with Crippen LogP contribution in [0, 0.1) is 3.57 Å². The van der Waals surface area contributed by atoms with E-state index in [4.69, 9.17) is 10.5 Å². The smallest absolute Gasteiger partial charge is 0.165 e. The zero-order valence-corrected chi connectivity index (χ0v) is 9.58. The minimum atomic E-state index is -0.0760. The van der Waals surface area contributed by atoms with Crippen molar-refractivity contribution in [3.8, 4) is 5.75 Å². The van der Waals surface area contributed by atoms with Crippen molar-refractivity contribution in [2.24, 2.45) is 0 Å². The molecule has 0 amide bonds. The quantitative estimate of drug-likeness (QED) is 0.515. The van der Waals surface area contributed by atoms with Crippen molar-refractivity contribution < 1.29 is 9.53 Å². The number of hydrogen-bond donors (Lipinski definition) is 1. The van der Waals surface area contributed by atoms with Crippen LogP contribution in [-0.2, 0) is 0 Å². The van der Waals surface area contributed by atoms with E-state index in [-0.39, 0.29) is 5.78 Å². The second kappa shape index (κ2) is 3.95. The van der Waals surface area contributed by atoms with Crippen LogP contribution in [0.15, 0.2) is 12.1 Å². The molecule has 13 heavy (non-hydrogen) atoms. The summed E-state index contributed by atoms with van der Waals surface area (Å²) in [5, 5.41) is 0. The summed E-state index contributed by atoms with van der Waals surface area (Å²) in [5.41, 5.74) is 6.59. The van der Waals surface area contributed by atoms with Crippen LogP contribution in [0.4, 0.5) is 5.69 Å². The van der Waals surface area contributed by atoms with E-state index in [1.54, 1.807) is 6.07 Å². The molecule has 0 aliphatic rings. The average molecular weight is 291 g/mol. The molecule has 3 nitrogen and oxygen atoms in total. The molecule has 2 N–H and O–H groups in total. The number of Topliss-reactive ketones (excluding diaryl/α,β-unsaturated/α-hetero) is 1. The monoisotopic (exact) mass is 291 g/mol. The highest BCUT2D eigenvalue weighted by molar-refractivity contribution is 14.1. The van der Waals surface area contributed by atoms with E-state index in [0.717, 1.165) is 3.57 Å². The lowest BCUT2D eigenvalue weighted by Crippen LogP contribution is -2.04. The van der Waals surface area contributed by atoms with Gasteiger partial charge in [0.2, 0.25) is 0 Å². The van der Waals surface area contributed by atoms with E-state index in [0.29, 0.717) is 17.0 Å². The number of carbonyl (C=O) groups is 1. The highest BCUT2D eigenvalue weighted by Gasteiger charge is 2.14. The highest BCUT2D eigenvalue weighted by atomic mass is 127. The number of halogens is 1. The fourth-order valence-electron chi connectivity index (χ4n) is 1.14. The number of methoxy groups -OCH3 is 1. The van der Waals surface area contributed by atoms with Crippen molar-refractivity contribution >= 4 is 34.1 Å². The molecule has 1 rings (SSSR count). The van der Waals surface area contributed by atoms with Gasteiger partial charge in [-0.05, 0) is 41.6 Å². The minimum Gasteiger partial charge on any atom is -0.495 e. The number of nitrogen functional groups attached to an aromatic ring is 1. The van der Waals surface area contributed by atoms with Crippen LogP contribution in [0.25, 0.3) is 0 Å². The van der Waals surface area contributed by atoms with Gasteiger partial charge < -0.3 is 10.5 Å². The largest absolute Gasteiger partial charge is 0.495 e. The standard InChI is InChI=1S/C9H10INO2/c1-5(12)8-7(11)4-3-6(10)9(8)13-2/h3-4H,11H2,1-2H3. The summed E-state index contributed by atoms with van der Waals surface area (Å²) in [6, 6.07) is 3.53. The minimum absolute atomic E-state index is 0.0760. The van der Waals surface area contributed by atoms with Crippen LogP contribution >= 0.6 is 22.6 Å². The molecule has 1 aromatic rings. The van der Waals surface area contributed by atoms with Gasteiger partial charge in [-0.1, -0.05) is 0 Å². The number of anilines is 1. The maximum absolute atomic E-state index is 11.2. The summed E-state index contributed by atoms with van der Waals surface area (Å²) in [7, 11) is 1.53. The van der Waals surface area contributed by atoms with Crippen LogP contribution in [-0.4, -0.2) is 12.9 Å². The van der Waals surface area contributed by atoms with Gasteiger partial charge in [0, 0.05) is 5.69 Å². The van der Waals surface area contributed by atoms with E-state index in [9.17, 15) is 4.79 Å². The Bertz CT molecular complexity index is 350. The summed E-state index contributed by atoms with van der Waals surface area (Å²) >= 11 is 2.10. The van der Waals surface area contributed by atoms with Gasteiger partial charge in [-0.2, -0.15) is 0 Å². The van der Waals surface area contributed by atoms with Crippen molar-refractivity contribution in [2.75, 3.05) is 12.8 Å². The van der Waals surface area contributed by atoms with Gasteiger partial charge in [-0.3, -0.25) is 4.79 Å². The molecular formula is C9H10INO2. The van der Waals surface area contributed by atoms with Gasteiger partial charge in [0.25, 0.3) is 0 Å². The van der Waals surface area contributed by atoms with Crippen LogP contribution in [0.5, 0.6) is 5.75 Å². The molecular weight excluding hydrogens is 281 g/mol. The molecule has 4 heteroatoms. The van der Waals surface area contributed by atoms with Crippen LogP contribution in [0.2, 0.25) is 0 Å². The number of hydrogen-bond acceptors (Lipinski definition) is 3. The predicted octanol–water partition coefficient (Wildman–Crippen LogP) is 2.08. The zero-order valence-electron chi connectivity index (χ0n) is 7.43. The summed E-state index contributed by atoms with van der Waals surface area (Å²) in [6.45, 7) is 1.48. The lowest BCUT2D eigenvalue weighted by Gasteiger charge is -2.10. The van der Waals surface area contributed by atoms with Crippen molar-refractivity contribution in [1.29, 1.82) is 0 Å². The highest BCUT2D eigenvalue weighted by Crippen LogP contribution is 2.30. The summed E-state index contributed by atoms with van der Waals surface area (Å²) in [5.74, 6) is 0.487. The Balaban J connectivity index is 3.43. The second-order valence-electron chi connectivity index (χ2n) is 2.60. The first kappa shape index (κ1) is 10.3. The summed E-state index contributed by atoms with van der Waals surface area (Å²) in [6.07, 6.45) is 0. The van der Waals surface area contributed by atoms with Gasteiger partial charge in [-0.25, -0.2) is 0 Å². The molecule has 70 valence electrons. The van der Waals surface area contributed by atoms with Crippen LogP contribution < -0.4 is 10.5 Å². The number of benzene rings is 1. The lowest BCUT2D eigenvalue weighted by molar-refractivity contribution is 0.101. The molecule has 1 aromatic carbocycles. The topological polar surface area (TPSA) is 52.3 Å². The molecule has 0 spiro atoms. The van der Waals surface area contributed by atoms with E-state index in [1.807, 2.05) is 6.07 Å². The fourth-order valence-corrected chi connectivity index (χ4v) is 1.80. The molecule has 0 fully saturated rings. The molecule has 0 saturated heterocycles. The van der Waals surface area contributed by atoms with E-state index >= 15 is 0 Å². The normalized spacial score (nSPS) is 9.77. The Kier molecular flexibility index (Phi) is 3.13. The number of rotatable bonds is 2. The van der Waals surface area contributed by atoms with E-state index < -0.39 is 0 Å². The molecule has 0 aliphatic carbocycles. The molecule has 0 saturated carbocycles. The summed E-state index contributed by atoms with van der Waals surface area (Å²) < 4.78 is 6.00. The van der Waals surface area contributed by atoms with Crippen LogP contribution in [0.1, 0.15) is 17.3 Å². The van der Waals surface area contributed by atoms with Crippen molar-refractivity contribution in [2.45, 2.75) is 6.92 Å². The Hall–Kier alpha value is -0.780. The van der Waals surface area contributed by atoms with Gasteiger partial charge >= 0.3 is 0 Å².